The fraction of sp³-hybridized carbons (Fsp3) is 0. The third-order valence-corrected chi connectivity index (χ3v) is 3.00. The summed E-state index contributed by atoms with van der Waals surface area (Å²) in [6.07, 6.45) is 2.64. The lowest BCUT2D eigenvalue weighted by Crippen LogP contribution is -1.85. The molecule has 0 saturated heterocycles. The first kappa shape index (κ1) is 9.68. The number of hydrogen-bond donors (Lipinski definition) is 0. The minimum atomic E-state index is -0.435. The van der Waals surface area contributed by atoms with Crippen LogP contribution >= 0.6 is 27.5 Å². The van der Waals surface area contributed by atoms with Crippen molar-refractivity contribution in [1.29, 1.82) is 0 Å². The van der Waals surface area contributed by atoms with E-state index in [9.17, 15) is 4.39 Å². The summed E-state index contributed by atoms with van der Waals surface area (Å²) in [7, 11) is 0. The fourth-order valence-electron chi connectivity index (χ4n) is 1.09. The van der Waals surface area contributed by atoms with E-state index in [0.29, 0.717) is 10.2 Å². The molecule has 0 saturated carbocycles. The molecular weight excluding hydrogens is 272 g/mol. The number of hydrogen-bond acceptors (Lipinski definition) is 2. The van der Waals surface area contributed by atoms with Crippen LogP contribution in [0.15, 0.2) is 33.6 Å². The second-order valence-electron chi connectivity index (χ2n) is 2.58. The van der Waals surface area contributed by atoms with E-state index in [1.165, 1.54) is 24.7 Å². The van der Waals surface area contributed by atoms with E-state index >= 15 is 0 Å². The topological polar surface area (TPSA) is 26.0 Å². The Balaban J connectivity index is 2.69. The van der Waals surface area contributed by atoms with Crippen molar-refractivity contribution in [2.24, 2.45) is 0 Å². The lowest BCUT2D eigenvalue weighted by Gasteiger charge is -2.03. The molecule has 0 aliphatic heterocycles. The second kappa shape index (κ2) is 3.71. The molecule has 0 aliphatic carbocycles. The fourth-order valence-corrected chi connectivity index (χ4v) is 1.67. The van der Waals surface area contributed by atoms with Crippen LogP contribution in [0.5, 0.6) is 0 Å². The Hall–Kier alpha value is -0.870. The monoisotopic (exact) mass is 275 g/mol. The van der Waals surface area contributed by atoms with E-state index in [1.807, 2.05) is 0 Å². The average molecular weight is 276 g/mol. The van der Waals surface area contributed by atoms with Gasteiger partial charge in [0.25, 0.3) is 0 Å². The van der Waals surface area contributed by atoms with Gasteiger partial charge in [-0.05, 0) is 28.1 Å². The molecule has 0 unspecified atom stereocenters. The highest BCUT2D eigenvalue weighted by Gasteiger charge is 2.15. The quantitative estimate of drug-likeness (QED) is 0.738. The van der Waals surface area contributed by atoms with Crippen LogP contribution in [-0.4, -0.2) is 4.98 Å². The molecule has 0 N–H and O–H groups in total. The molecule has 0 bridgehead atoms. The highest BCUT2D eigenvalue weighted by atomic mass is 79.9. The normalized spacial score (nSPS) is 10.5. The average Bonchev–Trinajstić information content (AvgIpc) is 2.65. The molecule has 5 heteroatoms. The van der Waals surface area contributed by atoms with Gasteiger partial charge in [0.05, 0.1) is 16.8 Å². The molecule has 14 heavy (non-hydrogen) atoms. The summed E-state index contributed by atoms with van der Waals surface area (Å²) in [5, 5.41) is 0.279. The summed E-state index contributed by atoms with van der Waals surface area (Å²) in [5.41, 5.74) is 0.221. The lowest BCUT2D eigenvalue weighted by atomic mass is 10.2. The number of aromatic nitrogens is 1. The van der Waals surface area contributed by atoms with E-state index < -0.39 is 5.82 Å². The van der Waals surface area contributed by atoms with Gasteiger partial charge in [-0.2, -0.15) is 0 Å². The smallest absolute Gasteiger partial charge is 0.181 e. The van der Waals surface area contributed by atoms with Gasteiger partial charge in [-0.25, -0.2) is 9.37 Å². The van der Waals surface area contributed by atoms with Gasteiger partial charge in [0, 0.05) is 4.47 Å². The molecule has 0 fully saturated rings. The predicted octanol–water partition coefficient (Wildman–Crippen LogP) is 3.90. The summed E-state index contributed by atoms with van der Waals surface area (Å²) in [6, 6.07) is 2.85. The van der Waals surface area contributed by atoms with Crippen LogP contribution in [0, 0.1) is 5.82 Å². The van der Waals surface area contributed by atoms with Crippen molar-refractivity contribution in [3.63, 3.8) is 0 Å². The van der Waals surface area contributed by atoms with Crippen LogP contribution in [0.4, 0.5) is 4.39 Å². The van der Waals surface area contributed by atoms with Crippen molar-refractivity contribution < 1.29 is 8.81 Å². The highest BCUT2D eigenvalue weighted by Crippen LogP contribution is 2.35. The molecular formula is C9H4BrClFNO. The summed E-state index contributed by atoms with van der Waals surface area (Å²) >= 11 is 9.12. The number of rotatable bonds is 1. The minimum Gasteiger partial charge on any atom is -0.443 e. The van der Waals surface area contributed by atoms with Crippen molar-refractivity contribution in [2.75, 3.05) is 0 Å². The molecule has 2 nitrogen and oxygen atoms in total. The summed E-state index contributed by atoms with van der Waals surface area (Å²) < 4.78 is 19.0. The summed E-state index contributed by atoms with van der Waals surface area (Å²) in [5.74, 6) is -0.122. The maximum atomic E-state index is 13.4. The Morgan fingerprint density at radius 1 is 1.43 bits per heavy atom. The minimum absolute atomic E-state index is 0.221. The lowest BCUT2D eigenvalue weighted by molar-refractivity contribution is 0.561. The van der Waals surface area contributed by atoms with Gasteiger partial charge in [0.2, 0.25) is 0 Å². The van der Waals surface area contributed by atoms with Crippen molar-refractivity contribution in [2.45, 2.75) is 0 Å². The zero-order valence-corrected chi connectivity index (χ0v) is 9.14. The molecule has 0 aliphatic rings. The zero-order chi connectivity index (χ0) is 10.1. The first-order chi connectivity index (χ1) is 6.70. The SMILES string of the molecule is Fc1ccc(Br)c(Cl)c1-c1cnco1. The van der Waals surface area contributed by atoms with Crippen molar-refractivity contribution in [1.82, 2.24) is 4.98 Å². The zero-order valence-electron chi connectivity index (χ0n) is 6.80. The van der Waals surface area contributed by atoms with Gasteiger partial charge in [-0.15, -0.1) is 0 Å². The van der Waals surface area contributed by atoms with Gasteiger partial charge in [-0.1, -0.05) is 11.6 Å². The molecule has 1 heterocycles. The Kier molecular flexibility index (Phi) is 2.56. The Morgan fingerprint density at radius 2 is 2.21 bits per heavy atom. The Morgan fingerprint density at radius 3 is 2.86 bits per heavy atom. The van der Waals surface area contributed by atoms with E-state index in [-0.39, 0.29) is 10.6 Å². The third kappa shape index (κ3) is 1.55. The third-order valence-electron chi connectivity index (χ3n) is 1.72. The molecule has 2 rings (SSSR count). The summed E-state index contributed by atoms with van der Waals surface area (Å²) in [4.78, 5) is 3.70. The van der Waals surface area contributed by atoms with Gasteiger partial charge in [-0.3, -0.25) is 0 Å². The molecule has 72 valence electrons. The molecule has 2 aromatic rings. The molecule has 0 spiro atoms. The molecule has 0 radical (unpaired) electrons. The number of oxazole rings is 1. The number of benzene rings is 1. The number of halogens is 3. The van der Waals surface area contributed by atoms with E-state index in [4.69, 9.17) is 16.0 Å². The van der Waals surface area contributed by atoms with E-state index in [0.717, 1.165) is 0 Å². The molecule has 0 atom stereocenters. The Bertz CT molecular complexity index is 458. The molecule has 1 aromatic heterocycles. The largest absolute Gasteiger partial charge is 0.443 e. The van der Waals surface area contributed by atoms with Crippen LogP contribution in [0.3, 0.4) is 0 Å². The highest BCUT2D eigenvalue weighted by molar-refractivity contribution is 9.10. The molecule has 0 amide bonds. The maximum Gasteiger partial charge on any atom is 0.181 e. The first-order valence-electron chi connectivity index (χ1n) is 3.72. The van der Waals surface area contributed by atoms with Crippen LogP contribution in [0.25, 0.3) is 11.3 Å². The van der Waals surface area contributed by atoms with E-state index in [1.54, 1.807) is 0 Å². The Labute approximate surface area is 92.8 Å². The summed E-state index contributed by atoms with van der Waals surface area (Å²) in [6.45, 7) is 0. The van der Waals surface area contributed by atoms with Crippen LogP contribution in [-0.2, 0) is 0 Å². The standard InChI is InChI=1S/C9H4BrClFNO/c10-5-1-2-6(12)8(9(5)11)7-3-13-4-14-7/h1-4H. The first-order valence-corrected chi connectivity index (χ1v) is 4.89. The van der Waals surface area contributed by atoms with Gasteiger partial charge in [0.1, 0.15) is 5.82 Å². The number of nitrogens with zero attached hydrogens (tertiary/aromatic N) is 1. The van der Waals surface area contributed by atoms with Gasteiger partial charge < -0.3 is 4.42 Å². The molecule has 1 aromatic carbocycles. The van der Waals surface area contributed by atoms with Crippen molar-refractivity contribution in [3.05, 3.63) is 40.0 Å². The van der Waals surface area contributed by atoms with Crippen LogP contribution < -0.4 is 0 Å². The van der Waals surface area contributed by atoms with Crippen LogP contribution in [0.2, 0.25) is 5.02 Å². The van der Waals surface area contributed by atoms with Crippen molar-refractivity contribution in [3.8, 4) is 11.3 Å². The van der Waals surface area contributed by atoms with Crippen LogP contribution in [0.1, 0.15) is 0 Å². The maximum absolute atomic E-state index is 13.4. The van der Waals surface area contributed by atoms with Gasteiger partial charge in [0.15, 0.2) is 12.2 Å². The second-order valence-corrected chi connectivity index (χ2v) is 3.82. The van der Waals surface area contributed by atoms with E-state index in [2.05, 4.69) is 20.9 Å². The predicted molar refractivity (Wildman–Crippen MR) is 54.6 cm³/mol. The van der Waals surface area contributed by atoms with Gasteiger partial charge >= 0.3 is 0 Å². The van der Waals surface area contributed by atoms with Crippen molar-refractivity contribution >= 4 is 27.5 Å².